The molecule has 2 aliphatic rings. The van der Waals surface area contributed by atoms with Crippen LogP contribution in [0.15, 0.2) is 0 Å². The molecule has 2 fully saturated rings. The average Bonchev–Trinajstić information content (AvgIpc) is 2.53. The van der Waals surface area contributed by atoms with Gasteiger partial charge in [-0.05, 0) is 63.7 Å². The summed E-state index contributed by atoms with van der Waals surface area (Å²) < 4.78 is 0. The van der Waals surface area contributed by atoms with Gasteiger partial charge in [0.1, 0.15) is 0 Å². The lowest BCUT2D eigenvalue weighted by Crippen LogP contribution is -2.40. The zero-order valence-electron chi connectivity index (χ0n) is 14.2. The van der Waals surface area contributed by atoms with E-state index in [1.54, 1.807) is 0 Å². The predicted octanol–water partition coefficient (Wildman–Crippen LogP) is 4.16. The number of likely N-dealkylation sites (tertiary alicyclic amines) is 1. The number of hydrogen-bond acceptors (Lipinski definition) is 2. The fourth-order valence-electron chi connectivity index (χ4n) is 3.01. The first-order valence-electron chi connectivity index (χ1n) is 8.81. The zero-order valence-corrected chi connectivity index (χ0v) is 14.2. The molecule has 0 radical (unpaired) electrons. The van der Waals surface area contributed by atoms with E-state index in [4.69, 9.17) is 0 Å². The molecule has 0 aromatic carbocycles. The third-order valence-corrected chi connectivity index (χ3v) is 4.26. The van der Waals surface area contributed by atoms with Crippen LogP contribution in [0, 0.1) is 11.8 Å². The lowest BCUT2D eigenvalue weighted by molar-refractivity contribution is 0.147. The molecule has 0 bridgehead atoms. The molecule has 2 heteroatoms. The summed E-state index contributed by atoms with van der Waals surface area (Å²) in [7, 11) is 0. The summed E-state index contributed by atoms with van der Waals surface area (Å²) in [6.45, 7) is 16.9. The van der Waals surface area contributed by atoms with Crippen molar-refractivity contribution in [2.75, 3.05) is 32.7 Å². The van der Waals surface area contributed by atoms with Gasteiger partial charge in [-0.3, -0.25) is 0 Å². The molecule has 2 aliphatic heterocycles. The second kappa shape index (κ2) is 12.9. The second-order valence-corrected chi connectivity index (χ2v) is 5.35. The van der Waals surface area contributed by atoms with Gasteiger partial charge < -0.3 is 10.2 Å². The highest BCUT2D eigenvalue weighted by Gasteiger charge is 2.21. The van der Waals surface area contributed by atoms with Crippen molar-refractivity contribution >= 4 is 0 Å². The summed E-state index contributed by atoms with van der Waals surface area (Å²) >= 11 is 0. The summed E-state index contributed by atoms with van der Waals surface area (Å²) in [4.78, 5) is 2.71. The van der Waals surface area contributed by atoms with Crippen molar-refractivity contribution in [2.45, 2.75) is 66.7 Å². The first-order chi connectivity index (χ1) is 9.38. The molecule has 0 amide bonds. The molecule has 0 aromatic rings. The molecule has 0 atom stereocenters. The SMILES string of the molecule is CC.CC.CCC1CCN(CC2CCNCC2)CC1. The van der Waals surface area contributed by atoms with Crippen LogP contribution in [0.4, 0.5) is 0 Å². The molecule has 0 spiro atoms. The number of nitrogens with one attached hydrogen (secondary N) is 1. The summed E-state index contributed by atoms with van der Waals surface area (Å²) in [5, 5.41) is 3.45. The monoisotopic (exact) mass is 270 g/mol. The van der Waals surface area contributed by atoms with Gasteiger partial charge in [-0.25, -0.2) is 0 Å². The van der Waals surface area contributed by atoms with E-state index < -0.39 is 0 Å². The average molecular weight is 271 g/mol. The van der Waals surface area contributed by atoms with Gasteiger partial charge in [0, 0.05) is 6.54 Å². The van der Waals surface area contributed by atoms with Gasteiger partial charge in [0.2, 0.25) is 0 Å². The Kier molecular flexibility index (Phi) is 12.9. The summed E-state index contributed by atoms with van der Waals surface area (Å²) in [6.07, 6.45) is 7.07. The van der Waals surface area contributed by atoms with Crippen LogP contribution < -0.4 is 5.32 Å². The van der Waals surface area contributed by atoms with E-state index in [1.807, 2.05) is 27.7 Å². The van der Waals surface area contributed by atoms with Gasteiger partial charge in [-0.2, -0.15) is 0 Å². The predicted molar refractivity (Wildman–Crippen MR) is 87.7 cm³/mol. The second-order valence-electron chi connectivity index (χ2n) is 5.35. The molecule has 19 heavy (non-hydrogen) atoms. The fourth-order valence-corrected chi connectivity index (χ4v) is 3.01. The highest BCUT2D eigenvalue weighted by molar-refractivity contribution is 4.76. The molecular formula is C17H38N2. The van der Waals surface area contributed by atoms with E-state index in [-0.39, 0.29) is 0 Å². The van der Waals surface area contributed by atoms with Crippen LogP contribution in [0.25, 0.3) is 0 Å². The quantitative estimate of drug-likeness (QED) is 0.828. The Morgan fingerprint density at radius 3 is 1.84 bits per heavy atom. The van der Waals surface area contributed by atoms with Crippen molar-refractivity contribution in [1.82, 2.24) is 10.2 Å². The molecule has 0 aromatic heterocycles. The topological polar surface area (TPSA) is 15.3 Å². The highest BCUT2D eigenvalue weighted by atomic mass is 15.1. The Hall–Kier alpha value is -0.0800. The molecule has 2 nitrogen and oxygen atoms in total. The van der Waals surface area contributed by atoms with Crippen LogP contribution in [-0.4, -0.2) is 37.6 Å². The maximum absolute atomic E-state index is 3.45. The Labute approximate surface area is 122 Å². The van der Waals surface area contributed by atoms with E-state index in [0.29, 0.717) is 0 Å². The van der Waals surface area contributed by atoms with Gasteiger partial charge in [-0.15, -0.1) is 0 Å². The molecule has 2 rings (SSSR count). The normalized spacial score (nSPS) is 21.9. The van der Waals surface area contributed by atoms with Crippen molar-refractivity contribution in [3.8, 4) is 0 Å². The molecule has 1 N–H and O–H groups in total. The number of nitrogens with zero attached hydrogens (tertiary/aromatic N) is 1. The Morgan fingerprint density at radius 2 is 1.37 bits per heavy atom. The van der Waals surface area contributed by atoms with Gasteiger partial charge in [0.25, 0.3) is 0 Å². The third kappa shape index (κ3) is 7.94. The van der Waals surface area contributed by atoms with Crippen LogP contribution in [0.3, 0.4) is 0 Å². The standard InChI is InChI=1S/C13H26N2.2C2H6/c1-2-12-5-9-15(10-6-12)11-13-3-7-14-8-4-13;2*1-2/h12-14H,2-11H2,1H3;2*1-2H3. The molecule has 0 saturated carbocycles. The molecule has 116 valence electrons. The number of hydrogen-bond donors (Lipinski definition) is 1. The summed E-state index contributed by atoms with van der Waals surface area (Å²) in [6, 6.07) is 0. The smallest absolute Gasteiger partial charge is 0.00106 e. The highest BCUT2D eigenvalue weighted by Crippen LogP contribution is 2.22. The van der Waals surface area contributed by atoms with Crippen LogP contribution in [0.1, 0.15) is 66.7 Å². The lowest BCUT2D eigenvalue weighted by Gasteiger charge is -2.35. The van der Waals surface area contributed by atoms with Crippen molar-refractivity contribution in [3.63, 3.8) is 0 Å². The van der Waals surface area contributed by atoms with Gasteiger partial charge in [-0.1, -0.05) is 41.0 Å². The van der Waals surface area contributed by atoms with Crippen molar-refractivity contribution < 1.29 is 0 Å². The van der Waals surface area contributed by atoms with E-state index >= 15 is 0 Å². The van der Waals surface area contributed by atoms with Crippen molar-refractivity contribution in [1.29, 1.82) is 0 Å². The Morgan fingerprint density at radius 1 is 0.842 bits per heavy atom. The van der Waals surface area contributed by atoms with E-state index in [1.165, 1.54) is 64.8 Å². The summed E-state index contributed by atoms with van der Waals surface area (Å²) in [5.74, 6) is 2.00. The summed E-state index contributed by atoms with van der Waals surface area (Å²) in [5.41, 5.74) is 0. The minimum atomic E-state index is 0.976. The van der Waals surface area contributed by atoms with Crippen molar-refractivity contribution in [3.05, 3.63) is 0 Å². The van der Waals surface area contributed by atoms with Crippen LogP contribution in [0.5, 0.6) is 0 Å². The molecule has 2 heterocycles. The third-order valence-electron chi connectivity index (χ3n) is 4.26. The van der Waals surface area contributed by atoms with E-state index in [9.17, 15) is 0 Å². The molecule has 2 saturated heterocycles. The van der Waals surface area contributed by atoms with Crippen LogP contribution >= 0.6 is 0 Å². The molecule has 0 aliphatic carbocycles. The van der Waals surface area contributed by atoms with Crippen LogP contribution in [-0.2, 0) is 0 Å². The first-order valence-corrected chi connectivity index (χ1v) is 8.81. The molecule has 0 unspecified atom stereocenters. The Bertz CT molecular complexity index is 168. The Balaban J connectivity index is 0.000000741. The minimum absolute atomic E-state index is 0.976. The van der Waals surface area contributed by atoms with Crippen molar-refractivity contribution in [2.24, 2.45) is 11.8 Å². The largest absolute Gasteiger partial charge is 0.317 e. The molecular weight excluding hydrogens is 232 g/mol. The van der Waals surface area contributed by atoms with E-state index in [0.717, 1.165) is 11.8 Å². The minimum Gasteiger partial charge on any atom is -0.317 e. The maximum Gasteiger partial charge on any atom is 0.00106 e. The first kappa shape index (κ1) is 18.9. The van der Waals surface area contributed by atoms with Gasteiger partial charge in [0.05, 0.1) is 0 Å². The fraction of sp³-hybridized carbons (Fsp3) is 1.00. The van der Waals surface area contributed by atoms with Crippen LogP contribution in [0.2, 0.25) is 0 Å². The maximum atomic E-state index is 3.45. The van der Waals surface area contributed by atoms with Gasteiger partial charge >= 0.3 is 0 Å². The van der Waals surface area contributed by atoms with E-state index in [2.05, 4.69) is 17.1 Å². The lowest BCUT2D eigenvalue weighted by atomic mass is 9.92. The number of piperidine rings is 2. The zero-order chi connectivity index (χ0) is 14.5. The number of rotatable bonds is 3. The van der Waals surface area contributed by atoms with Gasteiger partial charge in [0.15, 0.2) is 0 Å².